The van der Waals surface area contributed by atoms with Crippen molar-refractivity contribution < 1.29 is 4.79 Å². The maximum Gasteiger partial charge on any atom is 0.234 e. The van der Waals surface area contributed by atoms with E-state index in [9.17, 15) is 10.1 Å². The van der Waals surface area contributed by atoms with Gasteiger partial charge >= 0.3 is 0 Å². The minimum absolute atomic E-state index is 0.109. The van der Waals surface area contributed by atoms with Crippen LogP contribution in [0.3, 0.4) is 0 Å². The second-order valence-electron chi connectivity index (χ2n) is 6.53. The number of nitriles is 1. The summed E-state index contributed by atoms with van der Waals surface area (Å²) in [5.74, 6) is 0.722. The Kier molecular flexibility index (Phi) is 5.99. The lowest BCUT2D eigenvalue weighted by Crippen LogP contribution is -2.51. The fraction of sp³-hybridized carbons (Fsp3) is 0.556. The molecule has 2 heterocycles. The van der Waals surface area contributed by atoms with Crippen LogP contribution >= 0.6 is 23.1 Å². The molecule has 2 aromatic heterocycles. The summed E-state index contributed by atoms with van der Waals surface area (Å²) in [6, 6.07) is 6.35. The zero-order chi connectivity index (χ0) is 18.6. The fourth-order valence-corrected chi connectivity index (χ4v) is 4.85. The second kappa shape index (κ2) is 8.23. The first-order valence-corrected chi connectivity index (χ1v) is 10.7. The quantitative estimate of drug-likeness (QED) is 0.759. The van der Waals surface area contributed by atoms with Crippen molar-refractivity contribution in [3.8, 4) is 16.8 Å². The van der Waals surface area contributed by atoms with Crippen LogP contribution in [0.25, 0.3) is 10.7 Å². The Balaban J connectivity index is 1.71. The van der Waals surface area contributed by atoms with E-state index >= 15 is 0 Å². The number of carbonyl (C=O) groups excluding carboxylic acids is 1. The Morgan fingerprint density at radius 3 is 2.85 bits per heavy atom. The number of nitrogens with one attached hydrogen (secondary N) is 1. The molecule has 2 aromatic rings. The number of nitrogens with zero attached hydrogens (tertiary/aromatic N) is 4. The average Bonchev–Trinajstić information content (AvgIpc) is 3.31. The van der Waals surface area contributed by atoms with Crippen LogP contribution in [0, 0.1) is 11.3 Å². The highest BCUT2D eigenvalue weighted by atomic mass is 32.2. The molecular formula is C18H23N5OS2. The summed E-state index contributed by atoms with van der Waals surface area (Å²) in [6.07, 6.45) is 4.59. The van der Waals surface area contributed by atoms with Crippen molar-refractivity contribution in [1.29, 1.82) is 5.26 Å². The van der Waals surface area contributed by atoms with E-state index in [1.807, 2.05) is 35.9 Å². The van der Waals surface area contributed by atoms with Crippen LogP contribution in [0.4, 0.5) is 0 Å². The topological polar surface area (TPSA) is 83.6 Å². The molecule has 0 radical (unpaired) electrons. The third-order valence-corrected chi connectivity index (χ3v) is 6.66. The second-order valence-corrected chi connectivity index (χ2v) is 8.79. The first-order valence-electron chi connectivity index (χ1n) is 8.95. The van der Waals surface area contributed by atoms with Crippen molar-refractivity contribution in [3.63, 3.8) is 0 Å². The minimum atomic E-state index is -0.704. The maximum absolute atomic E-state index is 12.7. The van der Waals surface area contributed by atoms with Crippen LogP contribution in [0.1, 0.15) is 46.0 Å². The monoisotopic (exact) mass is 389 g/mol. The Labute approximate surface area is 162 Å². The molecule has 0 spiro atoms. The van der Waals surface area contributed by atoms with E-state index in [1.165, 1.54) is 11.8 Å². The van der Waals surface area contributed by atoms with Gasteiger partial charge in [0.05, 0.1) is 16.2 Å². The van der Waals surface area contributed by atoms with Gasteiger partial charge in [0.25, 0.3) is 0 Å². The number of thiophene rings is 1. The summed E-state index contributed by atoms with van der Waals surface area (Å²) in [5.41, 5.74) is -0.704. The number of rotatable bonds is 6. The van der Waals surface area contributed by atoms with Crippen molar-refractivity contribution >= 4 is 29.0 Å². The Morgan fingerprint density at radius 2 is 2.23 bits per heavy atom. The van der Waals surface area contributed by atoms with Crippen LogP contribution in [0.15, 0.2) is 22.7 Å². The third-order valence-electron chi connectivity index (χ3n) is 4.71. The number of thioether (sulfide) groups is 1. The highest BCUT2D eigenvalue weighted by Gasteiger charge is 2.35. The lowest BCUT2D eigenvalue weighted by molar-refractivity contribution is -0.121. The summed E-state index contributed by atoms with van der Waals surface area (Å²) >= 11 is 3.01. The van der Waals surface area contributed by atoms with Gasteiger partial charge in [0.2, 0.25) is 5.91 Å². The minimum Gasteiger partial charge on any atom is -0.337 e. The van der Waals surface area contributed by atoms with Gasteiger partial charge in [0.15, 0.2) is 11.0 Å². The van der Waals surface area contributed by atoms with E-state index in [4.69, 9.17) is 0 Å². The van der Waals surface area contributed by atoms with E-state index < -0.39 is 5.54 Å². The standard InChI is InChI=1S/C18H23N5OS2/c1-3-23-15(14-8-7-11-25-14)21-22-17(23)26-13(2)16(24)20-18(12-19)9-5-4-6-10-18/h7-8,11,13H,3-6,9-10H2,1-2H3,(H,20,24). The number of carbonyl (C=O) groups is 1. The lowest BCUT2D eigenvalue weighted by atomic mass is 9.83. The normalized spacial score (nSPS) is 17.4. The largest absolute Gasteiger partial charge is 0.337 e. The smallest absolute Gasteiger partial charge is 0.234 e. The van der Waals surface area contributed by atoms with Gasteiger partial charge in [-0.05, 0) is 38.1 Å². The van der Waals surface area contributed by atoms with Gasteiger partial charge < -0.3 is 9.88 Å². The molecule has 1 unspecified atom stereocenters. The van der Waals surface area contributed by atoms with Gasteiger partial charge in [-0.3, -0.25) is 4.79 Å². The van der Waals surface area contributed by atoms with E-state index in [2.05, 4.69) is 21.6 Å². The molecule has 138 valence electrons. The van der Waals surface area contributed by atoms with Crippen molar-refractivity contribution in [2.24, 2.45) is 0 Å². The summed E-state index contributed by atoms with van der Waals surface area (Å²) in [5, 5.41) is 23.5. The van der Waals surface area contributed by atoms with Crippen molar-refractivity contribution in [2.45, 2.75) is 68.4 Å². The van der Waals surface area contributed by atoms with Crippen molar-refractivity contribution in [3.05, 3.63) is 17.5 Å². The molecule has 1 fully saturated rings. The predicted octanol–water partition coefficient (Wildman–Crippen LogP) is 3.85. The molecule has 8 heteroatoms. The molecule has 26 heavy (non-hydrogen) atoms. The summed E-state index contributed by atoms with van der Waals surface area (Å²) in [6.45, 7) is 4.63. The predicted molar refractivity (Wildman–Crippen MR) is 104 cm³/mol. The molecule has 1 amide bonds. The number of aromatic nitrogens is 3. The molecule has 0 saturated heterocycles. The molecule has 0 aromatic carbocycles. The van der Waals surface area contributed by atoms with Crippen molar-refractivity contribution in [2.75, 3.05) is 0 Å². The maximum atomic E-state index is 12.7. The van der Waals surface area contributed by atoms with E-state index in [1.54, 1.807) is 11.3 Å². The van der Waals surface area contributed by atoms with Crippen LogP contribution in [-0.2, 0) is 11.3 Å². The summed E-state index contributed by atoms with van der Waals surface area (Å²) in [7, 11) is 0. The van der Waals surface area contributed by atoms with E-state index in [0.29, 0.717) is 0 Å². The zero-order valence-corrected chi connectivity index (χ0v) is 16.7. The molecule has 1 aliphatic rings. The van der Waals surface area contributed by atoms with E-state index in [0.717, 1.165) is 54.5 Å². The SMILES string of the molecule is CCn1c(SC(C)C(=O)NC2(C#N)CCCCC2)nnc1-c1cccs1. The molecule has 6 nitrogen and oxygen atoms in total. The molecule has 1 atom stereocenters. The zero-order valence-electron chi connectivity index (χ0n) is 15.1. The van der Waals surface area contributed by atoms with Gasteiger partial charge in [-0.15, -0.1) is 21.5 Å². The first kappa shape index (κ1) is 18.9. The Hall–Kier alpha value is -1.85. The number of hydrogen-bond donors (Lipinski definition) is 1. The summed E-state index contributed by atoms with van der Waals surface area (Å²) < 4.78 is 2.03. The van der Waals surface area contributed by atoms with Gasteiger partial charge in [-0.25, -0.2) is 0 Å². The fourth-order valence-electron chi connectivity index (χ4n) is 3.22. The van der Waals surface area contributed by atoms with Gasteiger partial charge in [0, 0.05) is 6.54 Å². The van der Waals surface area contributed by atoms with Gasteiger partial charge in [-0.1, -0.05) is 37.1 Å². The van der Waals surface area contributed by atoms with Crippen LogP contribution < -0.4 is 5.32 Å². The van der Waals surface area contributed by atoms with E-state index in [-0.39, 0.29) is 11.2 Å². The highest BCUT2D eigenvalue weighted by molar-refractivity contribution is 8.00. The Bertz CT molecular complexity index is 787. The third kappa shape index (κ3) is 3.94. The molecule has 1 saturated carbocycles. The lowest BCUT2D eigenvalue weighted by Gasteiger charge is -2.32. The Morgan fingerprint density at radius 1 is 1.46 bits per heavy atom. The molecule has 0 bridgehead atoms. The summed E-state index contributed by atoms with van der Waals surface area (Å²) in [4.78, 5) is 13.7. The molecule has 1 N–H and O–H groups in total. The van der Waals surface area contributed by atoms with Gasteiger partial charge in [0.1, 0.15) is 5.54 Å². The number of hydrogen-bond acceptors (Lipinski definition) is 6. The van der Waals surface area contributed by atoms with Crippen LogP contribution in [-0.4, -0.2) is 31.5 Å². The average molecular weight is 390 g/mol. The molecule has 3 rings (SSSR count). The van der Waals surface area contributed by atoms with Crippen molar-refractivity contribution in [1.82, 2.24) is 20.1 Å². The van der Waals surface area contributed by atoms with Gasteiger partial charge in [-0.2, -0.15) is 5.26 Å². The molecule has 0 aliphatic heterocycles. The first-order chi connectivity index (χ1) is 12.6. The van der Waals surface area contributed by atoms with Crippen LogP contribution in [0.5, 0.6) is 0 Å². The molecule has 1 aliphatic carbocycles. The number of amides is 1. The highest BCUT2D eigenvalue weighted by Crippen LogP contribution is 2.31. The molecular weight excluding hydrogens is 366 g/mol. The van der Waals surface area contributed by atoms with Crippen LogP contribution in [0.2, 0.25) is 0 Å².